The molecule has 0 aromatic heterocycles. The Morgan fingerprint density at radius 2 is 1.74 bits per heavy atom. The number of allylic oxidation sites excluding steroid dienone is 2. The number of rotatable bonds is 6. The van der Waals surface area contributed by atoms with Crippen molar-refractivity contribution < 1.29 is 23.9 Å². The lowest BCUT2D eigenvalue weighted by Gasteiger charge is -2.21. The first-order valence-corrected chi connectivity index (χ1v) is 6.15. The number of amides is 1. The molecule has 1 aliphatic carbocycles. The molecule has 0 radical (unpaired) electrons. The Bertz CT molecular complexity index is 359. The Morgan fingerprint density at radius 3 is 2.16 bits per heavy atom. The van der Waals surface area contributed by atoms with E-state index in [0.717, 1.165) is 12.8 Å². The molecule has 0 saturated heterocycles. The van der Waals surface area contributed by atoms with E-state index < -0.39 is 11.9 Å². The van der Waals surface area contributed by atoms with E-state index in [2.05, 4.69) is 9.47 Å². The molecule has 0 aromatic rings. The van der Waals surface area contributed by atoms with Crippen molar-refractivity contribution in [2.45, 2.75) is 19.3 Å². The number of hydrogen-bond acceptors (Lipinski definition) is 5. The molecule has 0 aromatic carbocycles. The Morgan fingerprint density at radius 1 is 1.16 bits per heavy atom. The van der Waals surface area contributed by atoms with Crippen molar-refractivity contribution in [1.29, 1.82) is 0 Å². The van der Waals surface area contributed by atoms with Crippen LogP contribution in [0.4, 0.5) is 0 Å². The van der Waals surface area contributed by atoms with Crippen molar-refractivity contribution >= 4 is 17.8 Å². The summed E-state index contributed by atoms with van der Waals surface area (Å²) in [5.41, 5.74) is 0. The van der Waals surface area contributed by atoms with Gasteiger partial charge in [0.15, 0.2) is 0 Å². The van der Waals surface area contributed by atoms with Crippen LogP contribution in [0.25, 0.3) is 0 Å². The van der Waals surface area contributed by atoms with Gasteiger partial charge in [-0.05, 0) is 18.8 Å². The van der Waals surface area contributed by atoms with Crippen molar-refractivity contribution in [1.82, 2.24) is 4.90 Å². The molecule has 1 rings (SSSR count). The second-order valence-electron chi connectivity index (χ2n) is 4.37. The van der Waals surface area contributed by atoms with Crippen LogP contribution < -0.4 is 0 Å². The molecule has 0 N–H and O–H groups in total. The summed E-state index contributed by atoms with van der Waals surface area (Å²) in [7, 11) is 2.48. The molecule has 106 valence electrons. The lowest BCUT2D eigenvalue weighted by molar-refractivity contribution is -0.152. The largest absolute Gasteiger partial charge is 0.468 e. The van der Waals surface area contributed by atoms with Gasteiger partial charge in [-0.15, -0.1) is 0 Å². The Kier molecular flexibility index (Phi) is 6.05. The fourth-order valence-electron chi connectivity index (χ4n) is 1.89. The summed E-state index contributed by atoms with van der Waals surface area (Å²) in [5, 5.41) is 0. The highest BCUT2D eigenvalue weighted by molar-refractivity contribution is 5.86. The van der Waals surface area contributed by atoms with Gasteiger partial charge in [-0.1, -0.05) is 12.2 Å². The number of nitrogens with zero attached hydrogens (tertiary/aromatic N) is 1. The highest BCUT2D eigenvalue weighted by Gasteiger charge is 2.23. The maximum Gasteiger partial charge on any atom is 0.325 e. The summed E-state index contributed by atoms with van der Waals surface area (Å²) in [5.74, 6) is -1.17. The maximum atomic E-state index is 12.1. The zero-order valence-electron chi connectivity index (χ0n) is 11.3. The predicted molar refractivity (Wildman–Crippen MR) is 67.1 cm³/mol. The summed E-state index contributed by atoms with van der Waals surface area (Å²) in [6, 6.07) is 0. The monoisotopic (exact) mass is 269 g/mol. The van der Waals surface area contributed by atoms with Crippen LogP contribution in [0.5, 0.6) is 0 Å². The van der Waals surface area contributed by atoms with Crippen LogP contribution in [0, 0.1) is 5.92 Å². The molecule has 1 unspecified atom stereocenters. The van der Waals surface area contributed by atoms with Gasteiger partial charge in [0.25, 0.3) is 0 Å². The van der Waals surface area contributed by atoms with Crippen LogP contribution in [0.15, 0.2) is 12.2 Å². The van der Waals surface area contributed by atoms with Crippen molar-refractivity contribution in [3.05, 3.63) is 12.2 Å². The quantitative estimate of drug-likeness (QED) is 0.519. The lowest BCUT2D eigenvalue weighted by Crippen LogP contribution is -2.40. The van der Waals surface area contributed by atoms with Crippen LogP contribution in [0.2, 0.25) is 0 Å². The normalized spacial score (nSPS) is 17.1. The third-order valence-corrected chi connectivity index (χ3v) is 3.00. The van der Waals surface area contributed by atoms with Gasteiger partial charge < -0.3 is 14.4 Å². The van der Waals surface area contributed by atoms with E-state index in [-0.39, 0.29) is 24.9 Å². The van der Waals surface area contributed by atoms with E-state index in [1.165, 1.54) is 19.1 Å². The molecule has 0 fully saturated rings. The SMILES string of the molecule is COC(=O)CN(CC(=O)OC)C(=O)CC1C=CCC1. The lowest BCUT2D eigenvalue weighted by atomic mass is 10.0. The summed E-state index contributed by atoms with van der Waals surface area (Å²) in [6.45, 7) is -0.471. The zero-order valence-corrected chi connectivity index (χ0v) is 11.3. The smallest absolute Gasteiger partial charge is 0.325 e. The second kappa shape index (κ2) is 7.56. The topological polar surface area (TPSA) is 72.9 Å². The first-order valence-electron chi connectivity index (χ1n) is 6.15. The minimum absolute atomic E-state index is 0.185. The number of carbonyl (C=O) groups excluding carboxylic acids is 3. The summed E-state index contributed by atoms with van der Waals surface area (Å²) in [6.07, 6.45) is 6.21. The Hall–Kier alpha value is -1.85. The van der Waals surface area contributed by atoms with Gasteiger partial charge in [-0.2, -0.15) is 0 Å². The van der Waals surface area contributed by atoms with Crippen LogP contribution in [0.1, 0.15) is 19.3 Å². The van der Waals surface area contributed by atoms with Crippen molar-refractivity contribution in [3.8, 4) is 0 Å². The molecule has 6 nitrogen and oxygen atoms in total. The highest BCUT2D eigenvalue weighted by Crippen LogP contribution is 2.21. The standard InChI is InChI=1S/C13H19NO5/c1-18-12(16)8-14(9-13(17)19-2)11(15)7-10-5-3-4-6-10/h3,5,10H,4,6-9H2,1-2H3. The molecular formula is C13H19NO5. The molecule has 0 bridgehead atoms. The highest BCUT2D eigenvalue weighted by atomic mass is 16.5. The number of hydrogen-bond donors (Lipinski definition) is 0. The van der Waals surface area contributed by atoms with E-state index in [0.29, 0.717) is 6.42 Å². The van der Waals surface area contributed by atoms with Gasteiger partial charge in [0.1, 0.15) is 13.1 Å². The predicted octanol–water partition coefficient (Wildman–Crippen LogP) is 0.517. The number of carbonyl (C=O) groups is 3. The molecule has 0 saturated carbocycles. The van der Waals surface area contributed by atoms with Crippen LogP contribution in [-0.2, 0) is 23.9 Å². The molecule has 19 heavy (non-hydrogen) atoms. The van der Waals surface area contributed by atoms with E-state index >= 15 is 0 Å². The Labute approximate surface area is 112 Å². The Balaban J connectivity index is 2.59. The average Bonchev–Trinajstić information content (AvgIpc) is 2.90. The summed E-state index contributed by atoms with van der Waals surface area (Å²) < 4.78 is 9.03. The van der Waals surface area contributed by atoms with E-state index in [4.69, 9.17) is 0 Å². The summed E-state index contributed by atoms with van der Waals surface area (Å²) in [4.78, 5) is 35.8. The van der Waals surface area contributed by atoms with Crippen LogP contribution >= 0.6 is 0 Å². The minimum Gasteiger partial charge on any atom is -0.468 e. The van der Waals surface area contributed by atoms with Gasteiger partial charge in [0.05, 0.1) is 14.2 Å². The summed E-state index contributed by atoms with van der Waals surface area (Å²) >= 11 is 0. The second-order valence-corrected chi connectivity index (χ2v) is 4.37. The molecule has 1 amide bonds. The average molecular weight is 269 g/mol. The third kappa shape index (κ3) is 5.11. The van der Waals surface area contributed by atoms with Crippen LogP contribution in [-0.4, -0.2) is 50.1 Å². The van der Waals surface area contributed by atoms with Crippen molar-refractivity contribution in [2.75, 3.05) is 27.3 Å². The molecule has 0 spiro atoms. The van der Waals surface area contributed by atoms with Gasteiger partial charge >= 0.3 is 11.9 Å². The first kappa shape index (κ1) is 15.2. The van der Waals surface area contributed by atoms with Gasteiger partial charge in [-0.3, -0.25) is 14.4 Å². The van der Waals surface area contributed by atoms with Gasteiger partial charge in [0.2, 0.25) is 5.91 Å². The fourth-order valence-corrected chi connectivity index (χ4v) is 1.89. The molecule has 0 heterocycles. The third-order valence-electron chi connectivity index (χ3n) is 3.00. The van der Waals surface area contributed by atoms with Crippen LogP contribution in [0.3, 0.4) is 0 Å². The van der Waals surface area contributed by atoms with Gasteiger partial charge in [-0.25, -0.2) is 0 Å². The van der Waals surface area contributed by atoms with E-state index in [1.807, 2.05) is 12.2 Å². The van der Waals surface area contributed by atoms with Gasteiger partial charge in [0, 0.05) is 6.42 Å². The molecule has 1 aliphatic rings. The number of ether oxygens (including phenoxy) is 2. The number of methoxy groups -OCH3 is 2. The van der Waals surface area contributed by atoms with Crippen molar-refractivity contribution in [2.24, 2.45) is 5.92 Å². The first-order chi connectivity index (χ1) is 9.06. The molecule has 6 heteroatoms. The minimum atomic E-state index is -0.556. The molecule has 1 atom stereocenters. The van der Waals surface area contributed by atoms with E-state index in [1.54, 1.807) is 0 Å². The maximum absolute atomic E-state index is 12.1. The number of esters is 2. The molecule has 0 aliphatic heterocycles. The fraction of sp³-hybridized carbons (Fsp3) is 0.615. The molecular weight excluding hydrogens is 250 g/mol. The van der Waals surface area contributed by atoms with Crippen molar-refractivity contribution in [3.63, 3.8) is 0 Å². The van der Waals surface area contributed by atoms with E-state index in [9.17, 15) is 14.4 Å². The zero-order chi connectivity index (χ0) is 14.3.